The Bertz CT molecular complexity index is 1110. The van der Waals surface area contributed by atoms with Crippen LogP contribution in [0, 0.1) is 5.92 Å². The highest BCUT2D eigenvalue weighted by molar-refractivity contribution is 6.17. The van der Waals surface area contributed by atoms with Gasteiger partial charge in [0.2, 0.25) is 6.79 Å². The van der Waals surface area contributed by atoms with Crippen molar-refractivity contribution in [2.45, 2.75) is 51.0 Å². The van der Waals surface area contributed by atoms with Crippen LogP contribution < -0.4 is 18.9 Å². The molecule has 4 aliphatic rings. The molecule has 6 rings (SSSR count). The molecule has 0 spiro atoms. The van der Waals surface area contributed by atoms with E-state index in [1.165, 1.54) is 60.1 Å². The molecular weight excluding hydrogens is 450 g/mol. The Morgan fingerprint density at radius 2 is 1.91 bits per heavy atom. The van der Waals surface area contributed by atoms with E-state index >= 15 is 0 Å². The number of nitrogens with zero attached hydrogens (tertiary/aromatic N) is 1. The van der Waals surface area contributed by atoms with Gasteiger partial charge in [-0.15, -0.1) is 11.6 Å². The van der Waals surface area contributed by atoms with E-state index < -0.39 is 0 Å². The number of hydrogen-bond acceptors (Lipinski definition) is 5. The second-order valence-electron chi connectivity index (χ2n) is 9.67. The van der Waals surface area contributed by atoms with Crippen molar-refractivity contribution in [3.05, 3.63) is 46.5 Å². The number of hydrogen-bond donors (Lipinski definition) is 0. The molecule has 0 saturated heterocycles. The third kappa shape index (κ3) is 3.69. The zero-order valence-electron chi connectivity index (χ0n) is 19.8. The molecule has 1 saturated carbocycles. The van der Waals surface area contributed by atoms with Crippen LogP contribution in [0.2, 0.25) is 0 Å². The number of benzene rings is 2. The number of alkyl halides is 1. The molecule has 1 unspecified atom stereocenters. The molecule has 2 aromatic rings. The molecule has 2 aromatic carbocycles. The molecule has 5 nitrogen and oxygen atoms in total. The molecule has 180 valence electrons. The monoisotopic (exact) mass is 481 g/mol. The van der Waals surface area contributed by atoms with Gasteiger partial charge >= 0.3 is 0 Å². The van der Waals surface area contributed by atoms with E-state index in [1.807, 2.05) is 6.07 Å². The Labute approximate surface area is 206 Å². The fourth-order valence-electron chi connectivity index (χ4n) is 6.20. The average molecular weight is 482 g/mol. The summed E-state index contributed by atoms with van der Waals surface area (Å²) in [5.41, 5.74) is 6.41. The number of fused-ring (bicyclic) bond motifs is 5. The molecule has 3 aliphatic heterocycles. The summed E-state index contributed by atoms with van der Waals surface area (Å²) >= 11 is 5.97. The van der Waals surface area contributed by atoms with Gasteiger partial charge in [-0.25, -0.2) is 0 Å². The van der Waals surface area contributed by atoms with Gasteiger partial charge in [-0.05, 0) is 67.0 Å². The van der Waals surface area contributed by atoms with Gasteiger partial charge in [0.1, 0.15) is 0 Å². The summed E-state index contributed by atoms with van der Waals surface area (Å²) in [6.45, 7) is 1.88. The van der Waals surface area contributed by atoms with Gasteiger partial charge < -0.3 is 23.8 Å². The van der Waals surface area contributed by atoms with Gasteiger partial charge in [0.05, 0.1) is 19.8 Å². The lowest BCUT2D eigenvalue weighted by atomic mass is 9.75. The zero-order valence-corrected chi connectivity index (χ0v) is 20.5. The molecule has 6 heteroatoms. The van der Waals surface area contributed by atoms with Crippen molar-refractivity contribution < 1.29 is 18.9 Å². The minimum Gasteiger partial charge on any atom is -0.493 e. The highest BCUT2D eigenvalue weighted by atomic mass is 35.5. The molecule has 1 aliphatic carbocycles. The Morgan fingerprint density at radius 3 is 2.71 bits per heavy atom. The highest BCUT2D eigenvalue weighted by Gasteiger charge is 2.40. The van der Waals surface area contributed by atoms with Crippen molar-refractivity contribution >= 4 is 23.4 Å². The molecule has 0 amide bonds. The van der Waals surface area contributed by atoms with Crippen LogP contribution in [0.1, 0.15) is 66.8 Å². The third-order valence-electron chi connectivity index (χ3n) is 7.76. The van der Waals surface area contributed by atoms with Gasteiger partial charge in [0, 0.05) is 29.2 Å². The molecule has 3 heterocycles. The minimum atomic E-state index is 0.273. The van der Waals surface area contributed by atoms with E-state index in [4.69, 9.17) is 30.5 Å². The summed E-state index contributed by atoms with van der Waals surface area (Å²) in [6, 6.07) is 8.87. The lowest BCUT2D eigenvalue weighted by Gasteiger charge is -2.47. The second-order valence-corrected chi connectivity index (χ2v) is 10.0. The minimum absolute atomic E-state index is 0.273. The van der Waals surface area contributed by atoms with Crippen LogP contribution >= 0.6 is 11.6 Å². The maximum Gasteiger partial charge on any atom is 0.231 e. The fraction of sp³-hybridized carbons (Fsp3) is 0.500. The molecule has 0 bridgehead atoms. The zero-order chi connectivity index (χ0) is 23.1. The summed E-state index contributed by atoms with van der Waals surface area (Å²) in [6.07, 6.45) is 10.6. The van der Waals surface area contributed by atoms with Crippen LogP contribution in [0.4, 0.5) is 0 Å². The second kappa shape index (κ2) is 9.26. The Hall–Kier alpha value is -2.53. The summed E-state index contributed by atoms with van der Waals surface area (Å²) in [4.78, 5) is 2.64. The van der Waals surface area contributed by atoms with Crippen LogP contribution in [0.15, 0.2) is 24.3 Å². The van der Waals surface area contributed by atoms with E-state index in [0.29, 0.717) is 25.2 Å². The summed E-state index contributed by atoms with van der Waals surface area (Å²) < 4.78 is 23.6. The first kappa shape index (κ1) is 22.0. The first-order valence-electron chi connectivity index (χ1n) is 12.6. The highest BCUT2D eigenvalue weighted by Crippen LogP contribution is 2.54. The fourth-order valence-corrected chi connectivity index (χ4v) is 6.31. The quantitative estimate of drug-likeness (QED) is 0.351. The van der Waals surface area contributed by atoms with Gasteiger partial charge in [0.25, 0.3) is 0 Å². The van der Waals surface area contributed by atoms with Crippen LogP contribution in [0.3, 0.4) is 0 Å². The van der Waals surface area contributed by atoms with Crippen molar-refractivity contribution in [1.82, 2.24) is 4.90 Å². The summed E-state index contributed by atoms with van der Waals surface area (Å²) in [5.74, 6) is 4.61. The summed E-state index contributed by atoms with van der Waals surface area (Å²) in [5, 5.41) is 0. The average Bonchev–Trinajstić information content (AvgIpc) is 3.34. The van der Waals surface area contributed by atoms with Crippen LogP contribution in [0.5, 0.6) is 23.0 Å². The van der Waals surface area contributed by atoms with E-state index in [2.05, 4.69) is 29.2 Å². The first-order chi connectivity index (χ1) is 16.8. The third-order valence-corrected chi connectivity index (χ3v) is 8.03. The predicted octanol–water partition coefficient (Wildman–Crippen LogP) is 6.42. The Morgan fingerprint density at radius 1 is 1.09 bits per heavy atom. The van der Waals surface area contributed by atoms with E-state index in [0.717, 1.165) is 42.4 Å². The van der Waals surface area contributed by atoms with Crippen molar-refractivity contribution in [1.29, 1.82) is 0 Å². The van der Waals surface area contributed by atoms with Crippen molar-refractivity contribution in [3.63, 3.8) is 0 Å². The first-order valence-corrected chi connectivity index (χ1v) is 13.1. The predicted molar refractivity (Wildman–Crippen MR) is 134 cm³/mol. The van der Waals surface area contributed by atoms with E-state index in [9.17, 15) is 0 Å². The van der Waals surface area contributed by atoms with Gasteiger partial charge in [-0.3, -0.25) is 0 Å². The number of methoxy groups -OCH3 is 1. The van der Waals surface area contributed by atoms with Crippen LogP contribution in [-0.2, 0) is 6.42 Å². The number of halogens is 1. The maximum atomic E-state index is 6.40. The topological polar surface area (TPSA) is 40.2 Å². The smallest absolute Gasteiger partial charge is 0.231 e. The van der Waals surface area contributed by atoms with Crippen molar-refractivity contribution in [3.8, 4) is 23.0 Å². The van der Waals surface area contributed by atoms with Gasteiger partial charge in [0.15, 0.2) is 23.0 Å². The maximum absolute atomic E-state index is 6.40. The SMILES string of the molecule is COc1ccc2c(c1OCCCCl)C(C1CCCCC1)N1CCc3cc4c(cc3C1=C2)OCO4. The molecule has 1 atom stereocenters. The molecule has 1 fully saturated rings. The van der Waals surface area contributed by atoms with Gasteiger partial charge in [-0.2, -0.15) is 0 Å². The lowest BCUT2D eigenvalue weighted by Crippen LogP contribution is -2.40. The molecule has 0 N–H and O–H groups in total. The standard InChI is InChI=1S/C28H32ClNO4/c1-31-23-9-8-20-14-22-21-16-25-24(33-17-34-25)15-19(21)10-12-30(22)27(18-6-3-2-4-7-18)26(20)28(23)32-13-5-11-29/h8-9,14-16,18,27H,2-7,10-13,17H2,1H3. The Balaban J connectivity index is 1.51. The van der Waals surface area contributed by atoms with Crippen molar-refractivity contribution in [2.24, 2.45) is 5.92 Å². The molecule has 0 radical (unpaired) electrons. The van der Waals surface area contributed by atoms with Gasteiger partial charge in [-0.1, -0.05) is 25.3 Å². The van der Waals surface area contributed by atoms with E-state index in [1.54, 1.807) is 7.11 Å². The van der Waals surface area contributed by atoms with Crippen LogP contribution in [-0.4, -0.2) is 37.8 Å². The van der Waals surface area contributed by atoms with E-state index in [-0.39, 0.29) is 6.04 Å². The number of ether oxygens (including phenoxy) is 4. The molecule has 34 heavy (non-hydrogen) atoms. The largest absolute Gasteiger partial charge is 0.493 e. The molecular formula is C28H32ClNO4. The summed E-state index contributed by atoms with van der Waals surface area (Å²) in [7, 11) is 1.73. The number of rotatable bonds is 6. The lowest BCUT2D eigenvalue weighted by molar-refractivity contribution is 0.164. The van der Waals surface area contributed by atoms with Crippen LogP contribution in [0.25, 0.3) is 11.8 Å². The normalized spacial score (nSPS) is 20.8. The van der Waals surface area contributed by atoms with Crippen molar-refractivity contribution in [2.75, 3.05) is 32.9 Å². The molecule has 0 aromatic heterocycles. The Kier molecular flexibility index (Phi) is 5.98.